The molecule has 98 valence electrons. The van der Waals surface area contributed by atoms with Crippen molar-refractivity contribution in [2.75, 3.05) is 11.1 Å². The van der Waals surface area contributed by atoms with Crippen LogP contribution in [0.15, 0.2) is 36.4 Å². The van der Waals surface area contributed by atoms with Crippen molar-refractivity contribution in [1.82, 2.24) is 0 Å². The summed E-state index contributed by atoms with van der Waals surface area (Å²) in [4.78, 5) is 11.9. The number of hydrogen-bond donors (Lipinski definition) is 2. The smallest absolute Gasteiger partial charge is 0.258 e. The summed E-state index contributed by atoms with van der Waals surface area (Å²) in [5.74, 6) is -1.24. The van der Waals surface area contributed by atoms with Crippen molar-refractivity contribution >= 4 is 28.9 Å². The third kappa shape index (κ3) is 3.03. The van der Waals surface area contributed by atoms with Gasteiger partial charge in [0.15, 0.2) is 0 Å². The van der Waals surface area contributed by atoms with Crippen molar-refractivity contribution in [3.8, 4) is 0 Å². The summed E-state index contributed by atoms with van der Waals surface area (Å²) in [5.41, 5.74) is 7.56. The number of amides is 1. The average Bonchev–Trinajstić information content (AvgIpc) is 2.32. The highest BCUT2D eigenvalue weighted by Crippen LogP contribution is 2.21. The molecule has 0 atom stereocenters. The molecule has 2 aromatic rings. The average molecular weight is 279 g/mol. The van der Waals surface area contributed by atoms with Crippen LogP contribution in [0.25, 0.3) is 0 Å². The van der Waals surface area contributed by atoms with E-state index < -0.39 is 11.7 Å². The molecular formula is C14H12ClFN2O. The summed E-state index contributed by atoms with van der Waals surface area (Å²) in [6, 6.07) is 9.10. The molecule has 19 heavy (non-hydrogen) atoms. The van der Waals surface area contributed by atoms with Crippen LogP contribution >= 0.6 is 11.6 Å². The first-order valence-electron chi connectivity index (χ1n) is 5.60. The van der Waals surface area contributed by atoms with Crippen LogP contribution in [0.4, 0.5) is 15.8 Å². The summed E-state index contributed by atoms with van der Waals surface area (Å²) in [6.45, 7) is 1.89. The van der Waals surface area contributed by atoms with Crippen LogP contribution in [0.5, 0.6) is 0 Å². The molecule has 1 amide bonds. The van der Waals surface area contributed by atoms with Crippen molar-refractivity contribution in [2.24, 2.45) is 0 Å². The summed E-state index contributed by atoms with van der Waals surface area (Å²) < 4.78 is 13.6. The first-order valence-corrected chi connectivity index (χ1v) is 5.97. The molecule has 0 aliphatic heterocycles. The molecular weight excluding hydrogens is 267 g/mol. The molecule has 0 spiro atoms. The zero-order chi connectivity index (χ0) is 14.0. The second-order valence-electron chi connectivity index (χ2n) is 4.17. The maximum atomic E-state index is 13.6. The molecule has 0 radical (unpaired) electrons. The Morgan fingerprint density at radius 2 is 2.00 bits per heavy atom. The third-order valence-corrected chi connectivity index (χ3v) is 2.87. The molecule has 0 saturated heterocycles. The van der Waals surface area contributed by atoms with E-state index in [1.807, 2.05) is 13.0 Å². The SMILES string of the molecule is Cc1ccc(NC(=O)c2ccc(Cl)cc2F)c(N)c1. The van der Waals surface area contributed by atoms with E-state index in [9.17, 15) is 9.18 Å². The Hall–Kier alpha value is -2.07. The fourth-order valence-electron chi connectivity index (χ4n) is 1.66. The van der Waals surface area contributed by atoms with E-state index in [4.69, 9.17) is 17.3 Å². The number of benzene rings is 2. The van der Waals surface area contributed by atoms with Gasteiger partial charge in [0, 0.05) is 5.02 Å². The molecule has 2 aromatic carbocycles. The molecule has 0 aromatic heterocycles. The van der Waals surface area contributed by atoms with Crippen LogP contribution in [-0.4, -0.2) is 5.91 Å². The maximum absolute atomic E-state index is 13.6. The number of aryl methyl sites for hydroxylation is 1. The van der Waals surface area contributed by atoms with Gasteiger partial charge in [0.2, 0.25) is 0 Å². The second kappa shape index (κ2) is 5.28. The topological polar surface area (TPSA) is 55.1 Å². The van der Waals surface area contributed by atoms with Gasteiger partial charge < -0.3 is 11.1 Å². The van der Waals surface area contributed by atoms with E-state index in [1.54, 1.807) is 12.1 Å². The molecule has 0 aliphatic rings. The zero-order valence-electron chi connectivity index (χ0n) is 10.2. The van der Waals surface area contributed by atoms with Crippen molar-refractivity contribution in [3.05, 3.63) is 58.4 Å². The molecule has 0 heterocycles. The molecule has 0 aliphatic carbocycles. The maximum Gasteiger partial charge on any atom is 0.258 e. The van der Waals surface area contributed by atoms with Crippen molar-refractivity contribution in [3.63, 3.8) is 0 Å². The second-order valence-corrected chi connectivity index (χ2v) is 4.61. The normalized spacial score (nSPS) is 10.3. The Labute approximate surface area is 115 Å². The van der Waals surface area contributed by atoms with E-state index in [0.717, 1.165) is 11.6 Å². The molecule has 3 nitrogen and oxygen atoms in total. The Morgan fingerprint density at radius 3 is 2.63 bits per heavy atom. The molecule has 0 fully saturated rings. The lowest BCUT2D eigenvalue weighted by Gasteiger charge is -2.09. The van der Waals surface area contributed by atoms with E-state index in [1.165, 1.54) is 12.1 Å². The van der Waals surface area contributed by atoms with Gasteiger partial charge in [0.1, 0.15) is 5.82 Å². The molecule has 5 heteroatoms. The van der Waals surface area contributed by atoms with E-state index in [2.05, 4.69) is 5.32 Å². The number of nitrogens with two attached hydrogens (primary N) is 1. The van der Waals surface area contributed by atoms with Crippen molar-refractivity contribution in [1.29, 1.82) is 0 Å². The minimum Gasteiger partial charge on any atom is -0.397 e. The van der Waals surface area contributed by atoms with Gasteiger partial charge in [-0.1, -0.05) is 17.7 Å². The van der Waals surface area contributed by atoms with Gasteiger partial charge in [0.25, 0.3) is 5.91 Å². The molecule has 0 saturated carbocycles. The van der Waals surface area contributed by atoms with Crippen LogP contribution in [-0.2, 0) is 0 Å². The lowest BCUT2D eigenvalue weighted by Crippen LogP contribution is -2.14. The van der Waals surface area contributed by atoms with E-state index >= 15 is 0 Å². The van der Waals surface area contributed by atoms with Crippen LogP contribution in [0.2, 0.25) is 5.02 Å². The number of hydrogen-bond acceptors (Lipinski definition) is 2. The predicted octanol–water partition coefficient (Wildman–Crippen LogP) is 3.62. The minimum absolute atomic E-state index is 0.0793. The van der Waals surface area contributed by atoms with Crippen molar-refractivity contribution in [2.45, 2.75) is 6.92 Å². The fraction of sp³-hybridized carbons (Fsp3) is 0.0714. The van der Waals surface area contributed by atoms with Gasteiger partial charge in [-0.05, 0) is 42.8 Å². The molecule has 3 N–H and O–H groups in total. The highest BCUT2D eigenvalue weighted by molar-refractivity contribution is 6.30. The number of carbonyl (C=O) groups is 1. The Balaban J connectivity index is 2.25. The number of rotatable bonds is 2. The standard InChI is InChI=1S/C14H12ClFN2O/c1-8-2-5-13(12(17)6-8)18-14(19)10-4-3-9(15)7-11(10)16/h2-7H,17H2,1H3,(H,18,19). The number of carbonyl (C=O) groups excluding carboxylic acids is 1. The van der Waals surface area contributed by atoms with Crippen molar-refractivity contribution < 1.29 is 9.18 Å². The van der Waals surface area contributed by atoms with Gasteiger partial charge in [-0.2, -0.15) is 0 Å². The largest absolute Gasteiger partial charge is 0.397 e. The Kier molecular flexibility index (Phi) is 3.71. The number of nitrogen functional groups attached to an aromatic ring is 1. The first-order chi connectivity index (χ1) is 8.97. The van der Waals surface area contributed by atoms with Crippen LogP contribution < -0.4 is 11.1 Å². The molecule has 0 bridgehead atoms. The van der Waals surface area contributed by atoms with Gasteiger partial charge in [-0.15, -0.1) is 0 Å². The van der Waals surface area contributed by atoms with E-state index in [0.29, 0.717) is 11.4 Å². The predicted molar refractivity (Wildman–Crippen MR) is 75.0 cm³/mol. The molecule has 0 unspecified atom stereocenters. The fourth-order valence-corrected chi connectivity index (χ4v) is 1.82. The Bertz CT molecular complexity index is 643. The highest BCUT2D eigenvalue weighted by Gasteiger charge is 2.13. The molecule has 2 rings (SSSR count). The van der Waals surface area contributed by atoms with Gasteiger partial charge in [0.05, 0.1) is 16.9 Å². The number of anilines is 2. The Morgan fingerprint density at radius 1 is 1.26 bits per heavy atom. The number of nitrogens with one attached hydrogen (secondary N) is 1. The summed E-state index contributed by atoms with van der Waals surface area (Å²) >= 11 is 5.63. The van der Waals surface area contributed by atoms with Crippen LogP contribution in [0, 0.1) is 12.7 Å². The lowest BCUT2D eigenvalue weighted by atomic mass is 10.1. The van der Waals surface area contributed by atoms with Gasteiger partial charge in [-0.3, -0.25) is 4.79 Å². The highest BCUT2D eigenvalue weighted by atomic mass is 35.5. The minimum atomic E-state index is -0.671. The van der Waals surface area contributed by atoms with Crippen LogP contribution in [0.3, 0.4) is 0 Å². The lowest BCUT2D eigenvalue weighted by molar-refractivity contribution is 0.102. The van der Waals surface area contributed by atoms with Gasteiger partial charge in [-0.25, -0.2) is 4.39 Å². The first kappa shape index (κ1) is 13.4. The number of halogens is 2. The quantitative estimate of drug-likeness (QED) is 0.824. The van der Waals surface area contributed by atoms with E-state index in [-0.39, 0.29) is 10.6 Å². The van der Waals surface area contributed by atoms with Gasteiger partial charge >= 0.3 is 0 Å². The third-order valence-electron chi connectivity index (χ3n) is 2.63. The monoisotopic (exact) mass is 278 g/mol. The summed E-state index contributed by atoms with van der Waals surface area (Å²) in [5, 5.41) is 2.81. The summed E-state index contributed by atoms with van der Waals surface area (Å²) in [6.07, 6.45) is 0. The zero-order valence-corrected chi connectivity index (χ0v) is 11.0. The van der Waals surface area contributed by atoms with Crippen LogP contribution in [0.1, 0.15) is 15.9 Å². The summed E-state index contributed by atoms with van der Waals surface area (Å²) in [7, 11) is 0.